The molecule has 2 rings (SSSR count). The Hall–Kier alpha value is -2.86. The zero-order valence-electron chi connectivity index (χ0n) is 22.0. The summed E-state index contributed by atoms with van der Waals surface area (Å²) in [5.74, 6) is 0.558. The van der Waals surface area contributed by atoms with E-state index in [0.717, 1.165) is 50.2 Å². The Labute approximate surface area is 211 Å². The van der Waals surface area contributed by atoms with Gasteiger partial charge in [-0.2, -0.15) is 0 Å². The highest BCUT2D eigenvalue weighted by atomic mass is 16.5. The quantitative estimate of drug-likeness (QED) is 0.350. The van der Waals surface area contributed by atoms with E-state index in [1.54, 1.807) is 12.1 Å². The van der Waals surface area contributed by atoms with Crippen LogP contribution in [0.4, 0.5) is 0 Å². The Bertz CT molecular complexity index is 861. The molecular weight excluding hydrogens is 438 g/mol. The molecule has 0 aromatic heterocycles. The van der Waals surface area contributed by atoms with Crippen LogP contribution in [-0.2, 0) is 11.2 Å². The first-order valence-electron chi connectivity index (χ1n) is 13.1. The van der Waals surface area contributed by atoms with Crippen molar-refractivity contribution in [3.63, 3.8) is 0 Å². The van der Waals surface area contributed by atoms with E-state index >= 15 is 0 Å². The van der Waals surface area contributed by atoms with Crippen LogP contribution < -0.4 is 10.1 Å². The predicted molar refractivity (Wildman–Crippen MR) is 143 cm³/mol. The van der Waals surface area contributed by atoms with Crippen LogP contribution in [0.2, 0.25) is 0 Å². The van der Waals surface area contributed by atoms with E-state index in [9.17, 15) is 9.59 Å². The zero-order chi connectivity index (χ0) is 25.5. The highest BCUT2D eigenvalue weighted by Crippen LogP contribution is 2.15. The molecule has 2 aromatic rings. The summed E-state index contributed by atoms with van der Waals surface area (Å²) < 4.78 is 5.91. The normalized spacial score (nSPS) is 11.8. The predicted octanol–water partition coefficient (Wildman–Crippen LogP) is 4.79. The second-order valence-electron chi connectivity index (χ2n) is 8.79. The van der Waals surface area contributed by atoms with Crippen LogP contribution in [0, 0.1) is 0 Å². The average Bonchev–Trinajstić information content (AvgIpc) is 2.89. The number of amides is 2. The second-order valence-corrected chi connectivity index (χ2v) is 8.79. The number of benzene rings is 2. The van der Waals surface area contributed by atoms with Crippen molar-refractivity contribution in [2.45, 2.75) is 59.4 Å². The van der Waals surface area contributed by atoms with Gasteiger partial charge in [-0.15, -0.1) is 0 Å². The van der Waals surface area contributed by atoms with Gasteiger partial charge in [0.2, 0.25) is 5.91 Å². The Morgan fingerprint density at radius 1 is 0.857 bits per heavy atom. The molecule has 0 spiro atoms. The second kappa shape index (κ2) is 15.9. The van der Waals surface area contributed by atoms with E-state index in [1.807, 2.05) is 47.4 Å². The van der Waals surface area contributed by atoms with Crippen molar-refractivity contribution in [2.24, 2.45) is 0 Å². The lowest BCUT2D eigenvalue weighted by Gasteiger charge is -2.27. The average molecular weight is 482 g/mol. The zero-order valence-corrected chi connectivity index (χ0v) is 22.0. The Morgan fingerprint density at radius 3 is 2.06 bits per heavy atom. The van der Waals surface area contributed by atoms with Crippen molar-refractivity contribution in [3.05, 3.63) is 65.7 Å². The Morgan fingerprint density at radius 2 is 1.49 bits per heavy atom. The van der Waals surface area contributed by atoms with Crippen molar-refractivity contribution in [2.75, 3.05) is 39.3 Å². The first-order valence-corrected chi connectivity index (χ1v) is 13.1. The van der Waals surface area contributed by atoms with Crippen molar-refractivity contribution in [1.29, 1.82) is 0 Å². The number of hydrogen-bond donors (Lipinski definition) is 1. The number of carbonyl (C=O) groups is 2. The largest absolute Gasteiger partial charge is 0.494 e. The molecule has 0 aliphatic heterocycles. The maximum atomic E-state index is 13.4. The summed E-state index contributed by atoms with van der Waals surface area (Å²) in [5, 5.41) is 2.99. The molecular formula is C29H43N3O3. The van der Waals surface area contributed by atoms with Crippen molar-refractivity contribution < 1.29 is 14.3 Å². The lowest BCUT2D eigenvalue weighted by Crippen LogP contribution is -2.50. The molecule has 6 nitrogen and oxygen atoms in total. The summed E-state index contributed by atoms with van der Waals surface area (Å²) in [5.41, 5.74) is 1.54. The van der Waals surface area contributed by atoms with Crippen molar-refractivity contribution in [1.82, 2.24) is 15.1 Å². The fourth-order valence-corrected chi connectivity index (χ4v) is 4.10. The van der Waals surface area contributed by atoms with Gasteiger partial charge in [0.25, 0.3) is 5.91 Å². The molecule has 192 valence electrons. The van der Waals surface area contributed by atoms with Crippen molar-refractivity contribution in [3.8, 4) is 5.75 Å². The first-order chi connectivity index (χ1) is 17.0. The van der Waals surface area contributed by atoms with Gasteiger partial charge < -0.3 is 19.9 Å². The standard InChI is InChI=1S/C29H43N3O3/c1-5-19-32(20-6-2)29(34)27(30-28(33)25-13-10-9-11-14-25)23-24-15-17-26(18-16-24)35-22-12-21-31(7-3)8-4/h9-11,13-18,27H,5-8,12,19-23H2,1-4H3,(H,30,33)/t27-/m0/s1. The summed E-state index contributed by atoms with van der Waals surface area (Å²) in [6, 6.07) is 16.3. The minimum atomic E-state index is -0.623. The van der Waals surface area contributed by atoms with Crippen LogP contribution in [0.5, 0.6) is 5.75 Å². The van der Waals surface area contributed by atoms with Crippen LogP contribution >= 0.6 is 0 Å². The number of nitrogens with zero attached hydrogens (tertiary/aromatic N) is 2. The number of rotatable bonds is 16. The van der Waals surface area contributed by atoms with Gasteiger partial charge in [-0.1, -0.05) is 58.0 Å². The van der Waals surface area contributed by atoms with E-state index < -0.39 is 6.04 Å². The molecule has 6 heteroatoms. The lowest BCUT2D eigenvalue weighted by atomic mass is 10.0. The fourth-order valence-electron chi connectivity index (χ4n) is 4.10. The van der Waals surface area contributed by atoms with Gasteiger partial charge in [0.15, 0.2) is 0 Å². The molecule has 1 atom stereocenters. The third kappa shape index (κ3) is 9.73. The summed E-state index contributed by atoms with van der Waals surface area (Å²) in [7, 11) is 0. The van der Waals surface area contributed by atoms with E-state index in [4.69, 9.17) is 4.74 Å². The fraction of sp³-hybridized carbons (Fsp3) is 0.517. The molecule has 0 fully saturated rings. The molecule has 35 heavy (non-hydrogen) atoms. The van der Waals surface area contributed by atoms with Gasteiger partial charge >= 0.3 is 0 Å². The minimum Gasteiger partial charge on any atom is -0.494 e. The molecule has 0 heterocycles. The molecule has 0 bridgehead atoms. The van der Waals surface area contributed by atoms with Gasteiger partial charge in [0.1, 0.15) is 11.8 Å². The first kappa shape index (κ1) is 28.4. The topological polar surface area (TPSA) is 61.9 Å². The highest BCUT2D eigenvalue weighted by Gasteiger charge is 2.26. The molecule has 1 N–H and O–H groups in total. The molecule has 0 saturated carbocycles. The van der Waals surface area contributed by atoms with Gasteiger partial charge in [-0.25, -0.2) is 0 Å². The molecule has 2 amide bonds. The Kier molecular flexibility index (Phi) is 12.9. The van der Waals surface area contributed by atoms with Crippen LogP contribution in [0.3, 0.4) is 0 Å². The highest BCUT2D eigenvalue weighted by molar-refractivity contribution is 5.97. The SMILES string of the molecule is CCCN(CCC)C(=O)[C@H](Cc1ccc(OCCCN(CC)CC)cc1)NC(=O)c1ccccc1. The van der Waals surface area contributed by atoms with Gasteiger partial charge in [-0.3, -0.25) is 9.59 Å². The van der Waals surface area contributed by atoms with Gasteiger partial charge in [0, 0.05) is 31.6 Å². The third-order valence-corrected chi connectivity index (χ3v) is 6.08. The van der Waals surface area contributed by atoms with Crippen LogP contribution in [0.25, 0.3) is 0 Å². The number of ether oxygens (including phenoxy) is 1. The number of carbonyl (C=O) groups excluding carboxylic acids is 2. The summed E-state index contributed by atoms with van der Waals surface area (Å²) in [6.45, 7) is 13.7. The summed E-state index contributed by atoms with van der Waals surface area (Å²) in [6.07, 6.45) is 3.18. The van der Waals surface area contributed by atoms with Gasteiger partial charge in [-0.05, 0) is 62.2 Å². The van der Waals surface area contributed by atoms with Gasteiger partial charge in [0.05, 0.1) is 6.61 Å². The summed E-state index contributed by atoms with van der Waals surface area (Å²) in [4.78, 5) is 30.5. The third-order valence-electron chi connectivity index (χ3n) is 6.08. The maximum absolute atomic E-state index is 13.4. The molecule has 0 unspecified atom stereocenters. The van der Waals surface area contributed by atoms with E-state index in [0.29, 0.717) is 31.7 Å². The minimum absolute atomic E-state index is 0.0327. The van der Waals surface area contributed by atoms with Crippen LogP contribution in [-0.4, -0.2) is 67.0 Å². The van der Waals surface area contributed by atoms with Crippen LogP contribution in [0.1, 0.15) is 62.9 Å². The smallest absolute Gasteiger partial charge is 0.251 e. The summed E-state index contributed by atoms with van der Waals surface area (Å²) >= 11 is 0. The van der Waals surface area contributed by atoms with E-state index in [1.165, 1.54) is 0 Å². The number of nitrogens with one attached hydrogen (secondary N) is 1. The monoisotopic (exact) mass is 481 g/mol. The molecule has 0 saturated heterocycles. The maximum Gasteiger partial charge on any atom is 0.251 e. The molecule has 2 aromatic carbocycles. The van der Waals surface area contributed by atoms with Crippen LogP contribution in [0.15, 0.2) is 54.6 Å². The molecule has 0 radical (unpaired) electrons. The molecule has 0 aliphatic rings. The van der Waals surface area contributed by atoms with E-state index in [2.05, 4.69) is 37.9 Å². The van der Waals surface area contributed by atoms with E-state index in [-0.39, 0.29) is 11.8 Å². The molecule has 0 aliphatic carbocycles. The number of hydrogen-bond acceptors (Lipinski definition) is 4. The van der Waals surface area contributed by atoms with Crippen molar-refractivity contribution >= 4 is 11.8 Å². The lowest BCUT2D eigenvalue weighted by molar-refractivity contribution is -0.133. The Balaban J connectivity index is 2.06.